The zero-order valence-corrected chi connectivity index (χ0v) is 16.1. The van der Waals surface area contributed by atoms with Crippen LogP contribution in [0.15, 0.2) is 42.5 Å². The van der Waals surface area contributed by atoms with Crippen LogP contribution in [0.4, 0.5) is 11.4 Å². The van der Waals surface area contributed by atoms with Crippen LogP contribution in [0.25, 0.3) is 0 Å². The fraction of sp³-hybridized carbons (Fsp3) is 0.381. The largest absolute Gasteiger partial charge is 0.481 e. The molecule has 4 nitrogen and oxygen atoms in total. The molecule has 0 bridgehead atoms. The predicted octanol–water partition coefficient (Wildman–Crippen LogP) is 5.04. The van der Waals surface area contributed by atoms with Gasteiger partial charge in [-0.15, -0.1) is 0 Å². The number of nitrogens with one attached hydrogen (secondary N) is 1. The summed E-state index contributed by atoms with van der Waals surface area (Å²) in [6, 6.07) is 13.4. The Kier molecular flexibility index (Phi) is 6.04. The molecule has 26 heavy (non-hydrogen) atoms. The third-order valence-corrected chi connectivity index (χ3v) is 5.10. The molecule has 1 aliphatic heterocycles. The Hall–Kier alpha value is -2.20. The smallest absolute Gasteiger partial charge is 0.265 e. The first kappa shape index (κ1) is 18.6. The molecule has 0 saturated carbocycles. The molecule has 1 amide bonds. The first-order chi connectivity index (χ1) is 12.6. The number of carbonyl (C=O) groups is 1. The van der Waals surface area contributed by atoms with E-state index in [1.807, 2.05) is 32.0 Å². The summed E-state index contributed by atoms with van der Waals surface area (Å²) < 4.78 is 5.86. The molecule has 1 heterocycles. The minimum absolute atomic E-state index is 0.144. The summed E-state index contributed by atoms with van der Waals surface area (Å²) in [6.07, 6.45) is 2.53. The lowest BCUT2D eigenvalue weighted by molar-refractivity contribution is -0.122. The Morgan fingerprint density at radius 3 is 2.50 bits per heavy atom. The van der Waals surface area contributed by atoms with Crippen molar-refractivity contribution in [2.45, 2.75) is 39.2 Å². The second-order valence-electron chi connectivity index (χ2n) is 6.66. The normalized spacial score (nSPS) is 15.0. The van der Waals surface area contributed by atoms with Gasteiger partial charge in [0.25, 0.3) is 5.91 Å². The minimum Gasteiger partial charge on any atom is -0.481 e. The zero-order valence-electron chi connectivity index (χ0n) is 15.3. The highest BCUT2D eigenvalue weighted by molar-refractivity contribution is 6.31. The van der Waals surface area contributed by atoms with Crippen molar-refractivity contribution in [3.63, 3.8) is 0 Å². The van der Waals surface area contributed by atoms with E-state index in [4.69, 9.17) is 16.3 Å². The maximum absolute atomic E-state index is 12.6. The van der Waals surface area contributed by atoms with Gasteiger partial charge < -0.3 is 15.0 Å². The Bertz CT molecular complexity index is 755. The monoisotopic (exact) mass is 372 g/mol. The van der Waals surface area contributed by atoms with Crippen LogP contribution in [-0.4, -0.2) is 25.1 Å². The summed E-state index contributed by atoms with van der Waals surface area (Å²) in [4.78, 5) is 14.9. The van der Waals surface area contributed by atoms with Crippen molar-refractivity contribution >= 4 is 28.9 Å². The number of nitrogens with zero attached hydrogens (tertiary/aromatic N) is 1. The number of anilines is 2. The maximum Gasteiger partial charge on any atom is 0.265 e. The van der Waals surface area contributed by atoms with Gasteiger partial charge >= 0.3 is 0 Å². The maximum atomic E-state index is 12.6. The predicted molar refractivity (Wildman–Crippen MR) is 107 cm³/mol. The standard InChI is InChI=1S/C21H25ClN2O2/c1-3-20(26-18-10-11-19(22)15(2)14-18)21(25)23-16-6-8-17(9-7-16)24-12-4-5-13-24/h6-11,14,20H,3-5,12-13H2,1-2H3,(H,23,25)/t20-/m1/s1. The highest BCUT2D eigenvalue weighted by Gasteiger charge is 2.19. The van der Waals surface area contributed by atoms with Crippen LogP contribution in [-0.2, 0) is 4.79 Å². The van der Waals surface area contributed by atoms with Crippen LogP contribution in [0, 0.1) is 6.92 Å². The molecule has 0 unspecified atom stereocenters. The van der Waals surface area contributed by atoms with E-state index in [-0.39, 0.29) is 5.91 Å². The second kappa shape index (κ2) is 8.45. The van der Waals surface area contributed by atoms with Crippen molar-refractivity contribution in [1.82, 2.24) is 0 Å². The van der Waals surface area contributed by atoms with Crippen LogP contribution >= 0.6 is 11.6 Å². The van der Waals surface area contributed by atoms with Gasteiger partial charge in [-0.05, 0) is 74.2 Å². The molecule has 1 fully saturated rings. The van der Waals surface area contributed by atoms with Crippen molar-refractivity contribution in [2.75, 3.05) is 23.3 Å². The molecule has 0 spiro atoms. The molecule has 138 valence electrons. The third kappa shape index (κ3) is 4.50. The molecule has 0 aromatic heterocycles. The van der Waals surface area contributed by atoms with Gasteiger partial charge in [0.05, 0.1) is 0 Å². The summed E-state index contributed by atoms with van der Waals surface area (Å²) in [5.74, 6) is 0.507. The summed E-state index contributed by atoms with van der Waals surface area (Å²) >= 11 is 6.04. The van der Waals surface area contributed by atoms with Crippen molar-refractivity contribution in [2.24, 2.45) is 0 Å². The lowest BCUT2D eigenvalue weighted by Crippen LogP contribution is -2.32. The Morgan fingerprint density at radius 1 is 1.19 bits per heavy atom. The Labute approximate surface area is 160 Å². The molecule has 1 atom stereocenters. The van der Waals surface area contributed by atoms with Crippen molar-refractivity contribution in [1.29, 1.82) is 0 Å². The molecule has 5 heteroatoms. The topological polar surface area (TPSA) is 41.6 Å². The van der Waals surface area contributed by atoms with Gasteiger partial charge in [-0.2, -0.15) is 0 Å². The van der Waals surface area contributed by atoms with E-state index in [0.29, 0.717) is 17.2 Å². The quantitative estimate of drug-likeness (QED) is 0.771. The van der Waals surface area contributed by atoms with E-state index in [9.17, 15) is 4.79 Å². The molecule has 0 radical (unpaired) electrons. The molecule has 2 aromatic rings. The number of benzene rings is 2. The van der Waals surface area contributed by atoms with E-state index in [0.717, 1.165) is 24.3 Å². The van der Waals surface area contributed by atoms with E-state index in [1.165, 1.54) is 18.5 Å². The van der Waals surface area contributed by atoms with E-state index < -0.39 is 6.10 Å². The van der Waals surface area contributed by atoms with Crippen LogP contribution in [0.3, 0.4) is 0 Å². The van der Waals surface area contributed by atoms with E-state index in [2.05, 4.69) is 22.3 Å². The van der Waals surface area contributed by atoms with E-state index in [1.54, 1.807) is 12.1 Å². The highest BCUT2D eigenvalue weighted by atomic mass is 35.5. The average molecular weight is 373 g/mol. The second-order valence-corrected chi connectivity index (χ2v) is 7.06. The SMILES string of the molecule is CC[C@@H](Oc1ccc(Cl)c(C)c1)C(=O)Nc1ccc(N2CCCC2)cc1. The lowest BCUT2D eigenvalue weighted by Gasteiger charge is -2.19. The molecule has 1 N–H and O–H groups in total. The number of aryl methyl sites for hydroxylation is 1. The van der Waals surface area contributed by atoms with E-state index >= 15 is 0 Å². The first-order valence-corrected chi connectivity index (χ1v) is 9.53. The molecular weight excluding hydrogens is 348 g/mol. The van der Waals surface area contributed by atoms with Gasteiger partial charge in [0.15, 0.2) is 6.10 Å². The molecule has 2 aromatic carbocycles. The average Bonchev–Trinajstić information content (AvgIpc) is 3.18. The fourth-order valence-electron chi connectivity index (χ4n) is 3.13. The molecule has 3 rings (SSSR count). The summed E-state index contributed by atoms with van der Waals surface area (Å²) in [5.41, 5.74) is 2.92. The van der Waals surface area contributed by atoms with Crippen LogP contribution < -0.4 is 15.0 Å². The summed E-state index contributed by atoms with van der Waals surface area (Å²) in [5, 5.41) is 3.64. The van der Waals surface area contributed by atoms with Gasteiger partial charge in [-0.3, -0.25) is 4.79 Å². The zero-order chi connectivity index (χ0) is 18.5. The molecule has 1 saturated heterocycles. The molecule has 1 aliphatic rings. The number of hydrogen-bond donors (Lipinski definition) is 1. The van der Waals surface area contributed by atoms with Crippen LogP contribution in [0.5, 0.6) is 5.75 Å². The van der Waals surface area contributed by atoms with Gasteiger partial charge in [-0.25, -0.2) is 0 Å². The number of amides is 1. The van der Waals surface area contributed by atoms with Gasteiger partial charge in [0.2, 0.25) is 0 Å². The number of rotatable bonds is 6. The Balaban J connectivity index is 1.62. The first-order valence-electron chi connectivity index (χ1n) is 9.15. The molecule has 0 aliphatic carbocycles. The Morgan fingerprint density at radius 2 is 1.88 bits per heavy atom. The highest BCUT2D eigenvalue weighted by Crippen LogP contribution is 2.24. The number of carbonyl (C=O) groups excluding carboxylic acids is 1. The summed E-state index contributed by atoms with van der Waals surface area (Å²) in [6.45, 7) is 6.07. The number of halogens is 1. The fourth-order valence-corrected chi connectivity index (χ4v) is 3.25. The van der Waals surface area contributed by atoms with Crippen molar-refractivity contribution < 1.29 is 9.53 Å². The van der Waals surface area contributed by atoms with Gasteiger partial charge in [0, 0.05) is 29.5 Å². The number of hydrogen-bond acceptors (Lipinski definition) is 3. The minimum atomic E-state index is -0.547. The van der Waals surface area contributed by atoms with Crippen LogP contribution in [0.2, 0.25) is 5.02 Å². The van der Waals surface area contributed by atoms with Crippen LogP contribution in [0.1, 0.15) is 31.7 Å². The third-order valence-electron chi connectivity index (χ3n) is 4.68. The van der Waals surface area contributed by atoms with Crippen molar-refractivity contribution in [3.8, 4) is 5.75 Å². The molecular formula is C21H25ClN2O2. The van der Waals surface area contributed by atoms with Crippen molar-refractivity contribution in [3.05, 3.63) is 53.1 Å². The van der Waals surface area contributed by atoms with Gasteiger partial charge in [0.1, 0.15) is 5.75 Å². The number of ether oxygens (including phenoxy) is 1. The lowest BCUT2D eigenvalue weighted by atomic mass is 10.2. The summed E-state index contributed by atoms with van der Waals surface area (Å²) in [7, 11) is 0. The van der Waals surface area contributed by atoms with Gasteiger partial charge in [-0.1, -0.05) is 18.5 Å².